The number of fused-ring (bicyclic) bond motifs is 1. The Bertz CT molecular complexity index is 1520. The van der Waals surface area contributed by atoms with E-state index in [4.69, 9.17) is 14.2 Å². The molecule has 0 radical (unpaired) electrons. The molecule has 0 bridgehead atoms. The van der Waals surface area contributed by atoms with E-state index in [9.17, 15) is 19.7 Å². The van der Waals surface area contributed by atoms with Gasteiger partial charge >= 0.3 is 5.97 Å². The first-order valence-electron chi connectivity index (χ1n) is 10.4. The number of allylic oxidation sites excluding steroid dienone is 1. The molecule has 1 atom stereocenters. The third-order valence-corrected chi connectivity index (χ3v) is 7.25. The number of carbonyl (C=O) groups excluding carboxylic acids is 1. The summed E-state index contributed by atoms with van der Waals surface area (Å²) in [6.45, 7) is 3.59. The Morgan fingerprint density at radius 3 is 2.60 bits per heavy atom. The summed E-state index contributed by atoms with van der Waals surface area (Å²) >= 11 is 2.49. The van der Waals surface area contributed by atoms with Crippen molar-refractivity contribution < 1.29 is 23.9 Å². The molecule has 1 aliphatic rings. The number of thiazole rings is 1. The van der Waals surface area contributed by atoms with Crippen molar-refractivity contribution >= 4 is 40.4 Å². The van der Waals surface area contributed by atoms with E-state index in [0.717, 1.165) is 16.2 Å². The van der Waals surface area contributed by atoms with Crippen LogP contribution in [0.1, 0.15) is 30.3 Å². The molecule has 1 aromatic carbocycles. The summed E-state index contributed by atoms with van der Waals surface area (Å²) in [6.07, 6.45) is 1.43. The van der Waals surface area contributed by atoms with Crippen molar-refractivity contribution in [3.63, 3.8) is 0 Å². The topological polar surface area (TPSA) is 122 Å². The van der Waals surface area contributed by atoms with Crippen molar-refractivity contribution in [2.75, 3.05) is 20.8 Å². The number of methoxy groups -OCH3 is 2. The fourth-order valence-corrected chi connectivity index (χ4v) is 5.67. The van der Waals surface area contributed by atoms with Crippen LogP contribution in [0.4, 0.5) is 5.69 Å². The number of esters is 1. The van der Waals surface area contributed by atoms with Crippen LogP contribution in [-0.2, 0) is 9.53 Å². The minimum Gasteiger partial charge on any atom is -0.493 e. The van der Waals surface area contributed by atoms with Crippen LogP contribution >= 0.6 is 22.7 Å². The Morgan fingerprint density at radius 2 is 2.00 bits per heavy atom. The molecule has 0 N–H and O–H groups in total. The lowest BCUT2D eigenvalue weighted by Crippen LogP contribution is -2.39. The van der Waals surface area contributed by atoms with Crippen molar-refractivity contribution in [1.82, 2.24) is 4.57 Å². The SMILES string of the molecule is CCOC(=O)C1=C(C)N=c2s/c(=C\c3cc(OC)c(OC)cc3[N+](=O)[O-])c(=O)n2[C@@H]1c1cccs1. The molecule has 2 aromatic heterocycles. The fraction of sp³-hybridized carbons (Fsp3) is 0.261. The number of hydrogen-bond donors (Lipinski definition) is 0. The van der Waals surface area contributed by atoms with E-state index in [1.54, 1.807) is 13.8 Å². The molecule has 35 heavy (non-hydrogen) atoms. The highest BCUT2D eigenvalue weighted by Gasteiger charge is 2.34. The molecule has 3 aromatic rings. The predicted octanol–water partition coefficient (Wildman–Crippen LogP) is 2.79. The van der Waals surface area contributed by atoms with Gasteiger partial charge in [-0.3, -0.25) is 19.5 Å². The molecule has 1 aliphatic heterocycles. The highest BCUT2D eigenvalue weighted by molar-refractivity contribution is 7.10. The Morgan fingerprint density at radius 1 is 1.29 bits per heavy atom. The number of benzene rings is 1. The van der Waals surface area contributed by atoms with Gasteiger partial charge in [-0.15, -0.1) is 11.3 Å². The molecule has 0 aliphatic carbocycles. The number of nitro benzene ring substituents is 1. The normalized spacial score (nSPS) is 15.4. The molecule has 0 spiro atoms. The predicted molar refractivity (Wildman–Crippen MR) is 131 cm³/mol. The number of thiophene rings is 1. The standard InChI is InChI=1S/C23H21N3O7S2/c1-5-33-22(28)19-12(2)24-23-25(20(19)17-7-6-8-34-17)21(27)18(35-23)10-13-9-15(31-3)16(32-4)11-14(13)26(29)30/h6-11,20H,5H2,1-4H3/b18-10-/t20-/m1/s1. The van der Waals surface area contributed by atoms with Crippen LogP contribution in [0.5, 0.6) is 11.5 Å². The quantitative estimate of drug-likeness (QED) is 0.269. The largest absolute Gasteiger partial charge is 0.493 e. The molecule has 0 unspecified atom stereocenters. The highest BCUT2D eigenvalue weighted by Crippen LogP contribution is 2.35. The number of rotatable bonds is 7. The van der Waals surface area contributed by atoms with E-state index in [-0.39, 0.29) is 39.5 Å². The zero-order valence-electron chi connectivity index (χ0n) is 19.3. The molecule has 0 amide bonds. The van der Waals surface area contributed by atoms with E-state index >= 15 is 0 Å². The first-order chi connectivity index (χ1) is 16.8. The second-order valence-electron chi connectivity index (χ2n) is 7.34. The minimum absolute atomic E-state index is 0.173. The van der Waals surface area contributed by atoms with Crippen LogP contribution in [0, 0.1) is 10.1 Å². The lowest BCUT2D eigenvalue weighted by Gasteiger charge is -2.23. The van der Waals surface area contributed by atoms with E-state index in [0.29, 0.717) is 10.5 Å². The Kier molecular flexibility index (Phi) is 6.85. The number of hydrogen-bond acceptors (Lipinski definition) is 10. The van der Waals surface area contributed by atoms with Crippen molar-refractivity contribution in [2.24, 2.45) is 4.99 Å². The Labute approximate surface area is 207 Å². The molecular formula is C23H21N3O7S2. The molecular weight excluding hydrogens is 494 g/mol. The molecule has 3 heterocycles. The average Bonchev–Trinajstić information content (AvgIpc) is 3.46. The number of nitro groups is 1. The first kappa shape index (κ1) is 24.4. The minimum atomic E-state index is -0.715. The first-order valence-corrected chi connectivity index (χ1v) is 12.1. The monoisotopic (exact) mass is 515 g/mol. The van der Waals surface area contributed by atoms with Gasteiger partial charge in [-0.2, -0.15) is 0 Å². The van der Waals surface area contributed by atoms with Crippen LogP contribution < -0.4 is 24.4 Å². The van der Waals surface area contributed by atoms with Crippen molar-refractivity contribution in [3.8, 4) is 11.5 Å². The van der Waals surface area contributed by atoms with Gasteiger partial charge in [-0.25, -0.2) is 9.79 Å². The number of aromatic nitrogens is 1. The smallest absolute Gasteiger partial charge is 0.338 e. The summed E-state index contributed by atoms with van der Waals surface area (Å²) in [5, 5.41) is 13.6. The van der Waals surface area contributed by atoms with E-state index in [2.05, 4.69) is 4.99 Å². The van der Waals surface area contributed by atoms with Gasteiger partial charge < -0.3 is 14.2 Å². The molecule has 0 fully saturated rings. The molecule has 0 saturated heterocycles. The summed E-state index contributed by atoms with van der Waals surface area (Å²) in [5.41, 5.74) is 0.237. The van der Waals surface area contributed by atoms with Gasteiger partial charge in [0.05, 0.1) is 53.2 Å². The lowest BCUT2D eigenvalue weighted by molar-refractivity contribution is -0.385. The third kappa shape index (κ3) is 4.37. The van der Waals surface area contributed by atoms with Gasteiger partial charge in [0.1, 0.15) is 6.04 Å². The molecule has 10 nitrogen and oxygen atoms in total. The number of carbonyl (C=O) groups is 1. The zero-order valence-corrected chi connectivity index (χ0v) is 20.9. The van der Waals surface area contributed by atoms with Crippen LogP contribution in [0.15, 0.2) is 50.7 Å². The van der Waals surface area contributed by atoms with Gasteiger partial charge in [0.15, 0.2) is 16.3 Å². The fourth-order valence-electron chi connectivity index (χ4n) is 3.81. The zero-order chi connectivity index (χ0) is 25.3. The second kappa shape index (κ2) is 9.84. The highest BCUT2D eigenvalue weighted by atomic mass is 32.1. The molecule has 0 saturated carbocycles. The maximum Gasteiger partial charge on any atom is 0.338 e. The number of nitrogens with zero attached hydrogens (tertiary/aromatic N) is 3. The van der Waals surface area contributed by atoms with Crippen molar-refractivity contribution in [2.45, 2.75) is 19.9 Å². The van der Waals surface area contributed by atoms with Crippen molar-refractivity contribution in [1.29, 1.82) is 0 Å². The summed E-state index contributed by atoms with van der Waals surface area (Å²) in [7, 11) is 2.80. The molecule has 12 heteroatoms. The van der Waals surface area contributed by atoms with Crippen LogP contribution in [0.2, 0.25) is 0 Å². The van der Waals surface area contributed by atoms with E-state index < -0.39 is 22.5 Å². The number of ether oxygens (including phenoxy) is 3. The van der Waals surface area contributed by atoms with Crippen LogP contribution in [0.3, 0.4) is 0 Å². The van der Waals surface area contributed by atoms with Crippen LogP contribution in [-0.4, -0.2) is 36.3 Å². The van der Waals surface area contributed by atoms with E-state index in [1.807, 2.05) is 17.5 Å². The second-order valence-corrected chi connectivity index (χ2v) is 9.33. The Hall–Kier alpha value is -3.77. The summed E-state index contributed by atoms with van der Waals surface area (Å²) in [5.74, 6) is -0.0591. The third-order valence-electron chi connectivity index (χ3n) is 5.35. The maximum absolute atomic E-state index is 13.6. The van der Waals surface area contributed by atoms with Gasteiger partial charge in [0, 0.05) is 4.88 Å². The summed E-state index contributed by atoms with van der Waals surface area (Å²) in [4.78, 5) is 43.3. The van der Waals surface area contributed by atoms with Gasteiger partial charge in [0.25, 0.3) is 11.2 Å². The van der Waals surface area contributed by atoms with Gasteiger partial charge in [-0.05, 0) is 37.4 Å². The maximum atomic E-state index is 13.6. The average molecular weight is 516 g/mol. The van der Waals surface area contributed by atoms with E-state index in [1.165, 1.54) is 48.3 Å². The van der Waals surface area contributed by atoms with Crippen LogP contribution in [0.25, 0.3) is 6.08 Å². The molecule has 182 valence electrons. The van der Waals surface area contributed by atoms with Gasteiger partial charge in [0.2, 0.25) is 0 Å². The molecule has 4 rings (SSSR count). The Balaban J connectivity index is 1.97. The van der Waals surface area contributed by atoms with Crippen molar-refractivity contribution in [3.05, 3.63) is 81.2 Å². The summed E-state index contributed by atoms with van der Waals surface area (Å²) < 4.78 is 17.4. The summed E-state index contributed by atoms with van der Waals surface area (Å²) in [6, 6.07) is 5.65. The lowest BCUT2D eigenvalue weighted by atomic mass is 10.0. The van der Waals surface area contributed by atoms with Gasteiger partial charge in [-0.1, -0.05) is 17.4 Å².